The van der Waals surface area contributed by atoms with Crippen LogP contribution in [-0.2, 0) is 52.4 Å². The van der Waals surface area contributed by atoms with Gasteiger partial charge in [-0.15, -0.1) is 0 Å². The van der Waals surface area contributed by atoms with E-state index in [9.17, 15) is 24.0 Å². The summed E-state index contributed by atoms with van der Waals surface area (Å²) in [6.45, 7) is 12.4. The number of esters is 3. The van der Waals surface area contributed by atoms with Crippen LogP contribution < -0.4 is 0 Å². The second-order valence-corrected chi connectivity index (χ2v) is 6.27. The number of hydrogen-bond acceptors (Lipinski definition) is 11. The summed E-state index contributed by atoms with van der Waals surface area (Å²) >= 11 is 0. The third kappa shape index (κ3) is 17.1. The van der Waals surface area contributed by atoms with Crippen molar-refractivity contribution in [3.63, 3.8) is 0 Å². The fourth-order valence-corrected chi connectivity index (χ4v) is 1.11. The average molecular weight is 465 g/mol. The number of carbonyl (C=O) groups excluding carboxylic acids is 5. The first-order valence-electron chi connectivity index (χ1n) is 9.48. The smallest absolute Gasteiger partial charge is 0.374 e. The number of hydrogen-bond donors (Lipinski definition) is 0. The van der Waals surface area contributed by atoms with Crippen LogP contribution in [0.2, 0.25) is 0 Å². The van der Waals surface area contributed by atoms with Gasteiger partial charge in [0.25, 0.3) is 0 Å². The van der Waals surface area contributed by atoms with E-state index in [0.29, 0.717) is 0 Å². The molecule has 0 aromatic carbocycles. The van der Waals surface area contributed by atoms with Crippen molar-refractivity contribution >= 4 is 29.5 Å². The number of rotatable bonds is 10. The van der Waals surface area contributed by atoms with Gasteiger partial charge in [0.2, 0.25) is 5.76 Å². The maximum atomic E-state index is 11.4. The van der Waals surface area contributed by atoms with E-state index in [-0.39, 0.29) is 23.8 Å². The van der Waals surface area contributed by atoms with Gasteiger partial charge in [0.05, 0.1) is 7.11 Å². The molecule has 0 aliphatic rings. The quantitative estimate of drug-likeness (QED) is 0.200. The molecule has 11 heteroatoms. The Morgan fingerprint density at radius 1 is 0.625 bits per heavy atom. The Morgan fingerprint density at radius 3 is 1.25 bits per heavy atom. The monoisotopic (exact) mass is 464 g/mol. The molecule has 0 bridgehead atoms. The molecule has 0 aromatic rings. The van der Waals surface area contributed by atoms with Gasteiger partial charge < -0.3 is 28.4 Å². The van der Waals surface area contributed by atoms with E-state index >= 15 is 0 Å². The first-order valence-corrected chi connectivity index (χ1v) is 9.48. The Kier molecular flexibility index (Phi) is 20.3. The summed E-state index contributed by atoms with van der Waals surface area (Å²) in [5.41, 5.74) is 0. The second kappa shape index (κ2) is 19.1. The zero-order valence-corrected chi connectivity index (χ0v) is 20.5. The van der Waals surface area contributed by atoms with Gasteiger partial charge >= 0.3 is 17.9 Å². The van der Waals surface area contributed by atoms with E-state index in [4.69, 9.17) is 0 Å². The second-order valence-electron chi connectivity index (χ2n) is 6.27. The summed E-state index contributed by atoms with van der Waals surface area (Å²) in [7, 11) is 5.51. The van der Waals surface area contributed by atoms with Crippen molar-refractivity contribution in [1.82, 2.24) is 0 Å². The molecule has 4 unspecified atom stereocenters. The van der Waals surface area contributed by atoms with Gasteiger partial charge in [-0.3, -0.25) is 9.59 Å². The van der Waals surface area contributed by atoms with Crippen LogP contribution in [0.15, 0.2) is 12.3 Å². The molecule has 0 radical (unpaired) electrons. The molecule has 0 aliphatic carbocycles. The number of ether oxygens (including phenoxy) is 6. The predicted octanol–water partition coefficient (Wildman–Crippen LogP) is 1.40. The molecule has 4 atom stereocenters. The van der Waals surface area contributed by atoms with Crippen LogP contribution in [-0.4, -0.2) is 82.3 Å². The van der Waals surface area contributed by atoms with Crippen molar-refractivity contribution in [3.8, 4) is 0 Å². The molecule has 0 fully saturated rings. The minimum Gasteiger partial charge on any atom is -0.466 e. The fourth-order valence-electron chi connectivity index (χ4n) is 1.11. The average Bonchev–Trinajstić information content (AvgIpc) is 2.76. The van der Waals surface area contributed by atoms with Crippen LogP contribution in [0.1, 0.15) is 41.5 Å². The third-order valence-corrected chi connectivity index (χ3v) is 3.81. The van der Waals surface area contributed by atoms with Gasteiger partial charge in [-0.1, -0.05) is 0 Å². The molecule has 0 aliphatic heterocycles. The highest BCUT2D eigenvalue weighted by molar-refractivity contribution is 5.91. The van der Waals surface area contributed by atoms with Crippen molar-refractivity contribution in [3.05, 3.63) is 12.3 Å². The molecule has 0 saturated carbocycles. The fraction of sp³-hybridized carbons (Fsp3) is 0.667. The molecule has 0 saturated heterocycles. The molecule has 0 aromatic heterocycles. The van der Waals surface area contributed by atoms with Gasteiger partial charge in [0.1, 0.15) is 12.2 Å². The summed E-state index contributed by atoms with van der Waals surface area (Å²) in [5.74, 6) is -2.92. The van der Waals surface area contributed by atoms with E-state index in [0.717, 1.165) is 7.11 Å². The van der Waals surface area contributed by atoms with E-state index in [1.165, 1.54) is 49.0 Å². The number of carbonyl (C=O) groups is 5. The molecule has 0 N–H and O–H groups in total. The first-order chi connectivity index (χ1) is 14.7. The van der Waals surface area contributed by atoms with Crippen LogP contribution in [0, 0.1) is 0 Å². The molecule has 186 valence electrons. The molecular formula is C21H36O11. The summed E-state index contributed by atoms with van der Waals surface area (Å²) < 4.78 is 27.6. The Labute approximate surface area is 189 Å². The number of ketones is 2. The Morgan fingerprint density at radius 2 is 1.00 bits per heavy atom. The third-order valence-electron chi connectivity index (χ3n) is 3.81. The summed E-state index contributed by atoms with van der Waals surface area (Å²) in [6.07, 6.45) is -2.43. The lowest BCUT2D eigenvalue weighted by molar-refractivity contribution is -0.167. The minimum absolute atomic E-state index is 0.0718. The molecular weight excluding hydrogens is 428 g/mol. The number of Topliss-reactive ketones (excluding diaryl/α,β-unsaturated/α-hetero) is 2. The van der Waals surface area contributed by atoms with Crippen molar-refractivity contribution in [2.24, 2.45) is 0 Å². The first kappa shape index (κ1) is 34.0. The van der Waals surface area contributed by atoms with Gasteiger partial charge in [0, 0.05) is 21.3 Å². The molecule has 0 heterocycles. The van der Waals surface area contributed by atoms with Crippen molar-refractivity contribution in [2.45, 2.75) is 66.0 Å². The highest BCUT2D eigenvalue weighted by Crippen LogP contribution is 2.05. The maximum absolute atomic E-state index is 11.4. The van der Waals surface area contributed by atoms with Crippen LogP contribution in [0.3, 0.4) is 0 Å². The van der Waals surface area contributed by atoms with Crippen molar-refractivity contribution in [2.75, 3.05) is 28.4 Å². The Balaban J connectivity index is -0.000000491. The Bertz CT molecular complexity index is 607. The van der Waals surface area contributed by atoms with Crippen LogP contribution in [0.25, 0.3) is 0 Å². The molecule has 0 amide bonds. The van der Waals surface area contributed by atoms with Crippen molar-refractivity contribution in [1.29, 1.82) is 0 Å². The van der Waals surface area contributed by atoms with Crippen molar-refractivity contribution < 1.29 is 52.4 Å². The van der Waals surface area contributed by atoms with Gasteiger partial charge in [-0.05, 0) is 48.1 Å². The molecule has 11 nitrogen and oxygen atoms in total. The van der Waals surface area contributed by atoms with Gasteiger partial charge in [-0.25, -0.2) is 14.4 Å². The molecule has 0 spiro atoms. The predicted molar refractivity (Wildman–Crippen MR) is 114 cm³/mol. The summed E-state index contributed by atoms with van der Waals surface area (Å²) in [6, 6.07) is 0. The molecule has 0 rings (SSSR count). The summed E-state index contributed by atoms with van der Waals surface area (Å²) in [5, 5.41) is 0. The van der Waals surface area contributed by atoms with Gasteiger partial charge in [-0.2, -0.15) is 0 Å². The van der Waals surface area contributed by atoms with E-state index < -0.39 is 35.9 Å². The maximum Gasteiger partial charge on any atom is 0.374 e. The number of methoxy groups -OCH3 is 4. The topological polar surface area (TPSA) is 141 Å². The standard InChI is InChI=1S/C11H16O7.2C5H10O2/c1-6(15-4)10(13)18-8(3)11(14)17-7(2)9(12)16-5;2*1-4(6)5(2)7-3/h6-7H,3H2,1-2,4-5H3;2*5H,1-3H3. The SMILES string of the molecule is C=C(OC(=O)C(C)OC)C(=O)OC(C)C(=O)OC.COC(C)C(C)=O.COC(C)C(C)=O. The Hall–Kier alpha value is -2.63. The minimum atomic E-state index is -1.11. The lowest BCUT2D eigenvalue weighted by atomic mass is 10.3. The van der Waals surface area contributed by atoms with Crippen LogP contribution in [0.4, 0.5) is 0 Å². The van der Waals surface area contributed by atoms with E-state index in [2.05, 4.69) is 35.0 Å². The highest BCUT2D eigenvalue weighted by atomic mass is 16.6. The zero-order valence-electron chi connectivity index (χ0n) is 20.5. The molecule has 32 heavy (non-hydrogen) atoms. The van der Waals surface area contributed by atoms with E-state index in [1.54, 1.807) is 13.8 Å². The van der Waals surface area contributed by atoms with Crippen LogP contribution >= 0.6 is 0 Å². The zero-order chi connectivity index (χ0) is 26.0. The van der Waals surface area contributed by atoms with Gasteiger partial charge in [0.15, 0.2) is 23.8 Å². The largest absolute Gasteiger partial charge is 0.466 e. The van der Waals surface area contributed by atoms with E-state index in [1.807, 2.05) is 0 Å². The highest BCUT2D eigenvalue weighted by Gasteiger charge is 2.24. The lowest BCUT2D eigenvalue weighted by Crippen LogP contribution is -2.28. The normalized spacial score (nSPS) is 13.3. The lowest BCUT2D eigenvalue weighted by Gasteiger charge is -2.13. The van der Waals surface area contributed by atoms with Crippen LogP contribution in [0.5, 0.6) is 0 Å². The summed E-state index contributed by atoms with van der Waals surface area (Å²) in [4.78, 5) is 54.1.